The Balaban J connectivity index is 1.76. The molecular weight excluding hydrogens is 298 g/mol. The van der Waals surface area contributed by atoms with E-state index in [-0.39, 0.29) is 5.91 Å². The predicted octanol–water partition coefficient (Wildman–Crippen LogP) is 3.42. The number of rotatable bonds is 5. The molecule has 2 N–H and O–H groups in total. The van der Waals surface area contributed by atoms with E-state index < -0.39 is 0 Å². The second-order valence-electron chi connectivity index (χ2n) is 6.50. The quantitative estimate of drug-likeness (QED) is 0.886. The Morgan fingerprint density at radius 1 is 1.17 bits per heavy atom. The molecule has 4 nitrogen and oxygen atoms in total. The summed E-state index contributed by atoms with van der Waals surface area (Å²) in [6.07, 6.45) is 1.07. The largest absolute Gasteiger partial charge is 0.355 e. The van der Waals surface area contributed by atoms with Crippen LogP contribution < -0.4 is 10.6 Å². The van der Waals surface area contributed by atoms with Gasteiger partial charge in [-0.1, -0.05) is 29.8 Å². The van der Waals surface area contributed by atoms with Gasteiger partial charge < -0.3 is 15.5 Å². The van der Waals surface area contributed by atoms with E-state index >= 15 is 0 Å². The molecule has 0 saturated carbocycles. The number of nitrogens with one attached hydrogen (secondary N) is 2. The van der Waals surface area contributed by atoms with Gasteiger partial charge in [-0.3, -0.25) is 4.79 Å². The summed E-state index contributed by atoms with van der Waals surface area (Å²) in [5, 5.41) is 6.59. The maximum Gasteiger partial charge on any atom is 0.255 e. The Bertz CT molecular complexity index is 696. The zero-order valence-electron chi connectivity index (χ0n) is 14.4. The van der Waals surface area contributed by atoms with Crippen LogP contribution in [-0.2, 0) is 0 Å². The highest BCUT2D eigenvalue weighted by Crippen LogP contribution is 2.25. The lowest BCUT2D eigenvalue weighted by atomic mass is 10.1. The van der Waals surface area contributed by atoms with E-state index in [1.54, 1.807) is 0 Å². The number of amides is 1. The average molecular weight is 323 g/mol. The van der Waals surface area contributed by atoms with Crippen LogP contribution >= 0.6 is 0 Å². The van der Waals surface area contributed by atoms with Crippen molar-refractivity contribution in [2.75, 3.05) is 32.0 Å². The fourth-order valence-corrected chi connectivity index (χ4v) is 3.21. The molecule has 2 aromatic rings. The van der Waals surface area contributed by atoms with Crippen molar-refractivity contribution in [2.24, 2.45) is 5.92 Å². The van der Waals surface area contributed by atoms with Gasteiger partial charge in [-0.25, -0.2) is 0 Å². The summed E-state index contributed by atoms with van der Waals surface area (Å²) in [6, 6.07) is 16.0. The molecule has 1 aliphatic heterocycles. The molecule has 0 radical (unpaired) electrons. The topological polar surface area (TPSA) is 44.4 Å². The van der Waals surface area contributed by atoms with Gasteiger partial charge in [0.05, 0.1) is 11.3 Å². The number of para-hydroxylation sites is 1. The van der Waals surface area contributed by atoms with Crippen LogP contribution in [0.1, 0.15) is 22.3 Å². The van der Waals surface area contributed by atoms with E-state index in [0.29, 0.717) is 5.92 Å². The van der Waals surface area contributed by atoms with E-state index in [2.05, 4.69) is 29.7 Å². The molecule has 1 saturated heterocycles. The molecule has 1 amide bonds. The zero-order chi connectivity index (χ0) is 16.9. The van der Waals surface area contributed by atoms with E-state index in [0.717, 1.165) is 43.0 Å². The summed E-state index contributed by atoms with van der Waals surface area (Å²) >= 11 is 0. The number of aryl methyl sites for hydroxylation is 1. The van der Waals surface area contributed by atoms with E-state index in [9.17, 15) is 4.79 Å². The van der Waals surface area contributed by atoms with Crippen molar-refractivity contribution in [1.29, 1.82) is 0 Å². The minimum Gasteiger partial charge on any atom is -0.355 e. The van der Waals surface area contributed by atoms with Crippen LogP contribution in [0.15, 0.2) is 48.5 Å². The summed E-state index contributed by atoms with van der Waals surface area (Å²) in [7, 11) is 1.96. The number of likely N-dealkylation sites (tertiary alicyclic amines) is 1. The molecule has 1 aliphatic rings. The van der Waals surface area contributed by atoms with Gasteiger partial charge in [0.2, 0.25) is 0 Å². The van der Waals surface area contributed by atoms with Gasteiger partial charge in [0.15, 0.2) is 0 Å². The maximum atomic E-state index is 12.9. The smallest absolute Gasteiger partial charge is 0.255 e. The molecular formula is C20H25N3O. The lowest BCUT2D eigenvalue weighted by molar-refractivity contribution is 0.0788. The molecule has 0 aliphatic carbocycles. The summed E-state index contributed by atoms with van der Waals surface area (Å²) in [5.41, 5.74) is 3.82. The highest BCUT2D eigenvalue weighted by Gasteiger charge is 2.27. The highest BCUT2D eigenvalue weighted by molar-refractivity contribution is 6.00. The van der Waals surface area contributed by atoms with Crippen molar-refractivity contribution in [3.8, 4) is 0 Å². The van der Waals surface area contributed by atoms with Crippen LogP contribution in [-0.4, -0.2) is 37.5 Å². The van der Waals surface area contributed by atoms with Crippen LogP contribution in [0.3, 0.4) is 0 Å². The third-order valence-electron chi connectivity index (χ3n) is 4.55. The first-order valence-electron chi connectivity index (χ1n) is 8.54. The van der Waals surface area contributed by atoms with E-state index in [4.69, 9.17) is 0 Å². The van der Waals surface area contributed by atoms with Crippen LogP contribution in [0.4, 0.5) is 11.4 Å². The lowest BCUT2D eigenvalue weighted by Gasteiger charge is -2.19. The summed E-state index contributed by atoms with van der Waals surface area (Å²) in [5.74, 6) is 0.667. The second-order valence-corrected chi connectivity index (χ2v) is 6.50. The molecule has 4 heteroatoms. The highest BCUT2D eigenvalue weighted by atomic mass is 16.2. The first-order chi connectivity index (χ1) is 11.7. The SMILES string of the molecule is CNCC1CCN(C(=O)c2ccccc2Nc2ccc(C)cc2)C1. The summed E-state index contributed by atoms with van der Waals surface area (Å²) < 4.78 is 0. The zero-order valence-corrected chi connectivity index (χ0v) is 14.4. The number of anilines is 2. The maximum absolute atomic E-state index is 12.9. The fourth-order valence-electron chi connectivity index (χ4n) is 3.21. The molecule has 2 aromatic carbocycles. The Labute approximate surface area is 143 Å². The second kappa shape index (κ2) is 7.49. The van der Waals surface area contributed by atoms with Crippen LogP contribution in [0.2, 0.25) is 0 Å². The summed E-state index contributed by atoms with van der Waals surface area (Å²) in [4.78, 5) is 14.9. The monoisotopic (exact) mass is 323 g/mol. The summed E-state index contributed by atoms with van der Waals surface area (Å²) in [6.45, 7) is 4.70. The van der Waals surface area contributed by atoms with E-state index in [1.807, 2.05) is 48.3 Å². The molecule has 1 atom stereocenters. The van der Waals surface area contributed by atoms with Crippen molar-refractivity contribution in [3.63, 3.8) is 0 Å². The molecule has 24 heavy (non-hydrogen) atoms. The van der Waals surface area contributed by atoms with Gasteiger partial charge in [-0.15, -0.1) is 0 Å². The molecule has 1 fully saturated rings. The average Bonchev–Trinajstić information content (AvgIpc) is 3.06. The minimum absolute atomic E-state index is 0.115. The Hall–Kier alpha value is -2.33. The van der Waals surface area contributed by atoms with Gasteiger partial charge in [-0.2, -0.15) is 0 Å². The number of carbonyl (C=O) groups is 1. The number of hydrogen-bond donors (Lipinski definition) is 2. The number of hydrogen-bond acceptors (Lipinski definition) is 3. The minimum atomic E-state index is 0.115. The molecule has 0 spiro atoms. The standard InChI is InChI=1S/C20H25N3O/c1-15-7-9-17(10-8-15)22-19-6-4-3-5-18(19)20(24)23-12-11-16(14-23)13-21-2/h3-10,16,21-22H,11-14H2,1-2H3. The molecule has 3 rings (SSSR count). The number of carbonyl (C=O) groups excluding carboxylic acids is 1. The molecule has 0 bridgehead atoms. The van der Waals surface area contributed by atoms with Crippen molar-refractivity contribution in [1.82, 2.24) is 10.2 Å². The number of nitrogens with zero attached hydrogens (tertiary/aromatic N) is 1. The van der Waals surface area contributed by atoms with Gasteiger partial charge in [0, 0.05) is 18.8 Å². The van der Waals surface area contributed by atoms with Crippen molar-refractivity contribution in [2.45, 2.75) is 13.3 Å². The molecule has 0 aromatic heterocycles. The van der Waals surface area contributed by atoms with Gasteiger partial charge in [0.25, 0.3) is 5.91 Å². The van der Waals surface area contributed by atoms with Gasteiger partial charge >= 0.3 is 0 Å². The van der Waals surface area contributed by atoms with E-state index in [1.165, 1.54) is 5.56 Å². The fraction of sp³-hybridized carbons (Fsp3) is 0.350. The lowest BCUT2D eigenvalue weighted by Crippen LogP contribution is -2.30. The van der Waals surface area contributed by atoms with Crippen LogP contribution in [0.5, 0.6) is 0 Å². The van der Waals surface area contributed by atoms with Crippen molar-refractivity contribution >= 4 is 17.3 Å². The van der Waals surface area contributed by atoms with Crippen molar-refractivity contribution in [3.05, 3.63) is 59.7 Å². The predicted molar refractivity (Wildman–Crippen MR) is 98.8 cm³/mol. The Morgan fingerprint density at radius 2 is 1.92 bits per heavy atom. The molecule has 1 heterocycles. The van der Waals surface area contributed by atoms with Gasteiger partial charge in [0.1, 0.15) is 0 Å². The normalized spacial score (nSPS) is 17.1. The Morgan fingerprint density at radius 3 is 2.67 bits per heavy atom. The Kier molecular flexibility index (Phi) is 5.16. The number of benzene rings is 2. The van der Waals surface area contributed by atoms with Crippen molar-refractivity contribution < 1.29 is 4.79 Å². The third kappa shape index (κ3) is 3.77. The first kappa shape index (κ1) is 16.5. The molecule has 1 unspecified atom stereocenters. The van der Waals surface area contributed by atoms with Crippen LogP contribution in [0, 0.1) is 12.8 Å². The van der Waals surface area contributed by atoms with Crippen LogP contribution in [0.25, 0.3) is 0 Å². The first-order valence-corrected chi connectivity index (χ1v) is 8.54. The molecule has 126 valence electrons. The third-order valence-corrected chi connectivity index (χ3v) is 4.55. The van der Waals surface area contributed by atoms with Gasteiger partial charge in [-0.05, 0) is 57.1 Å².